The minimum Gasteiger partial charge on any atom is -0.363 e. The number of nitrogens with one attached hydrogen (secondary N) is 1. The van der Waals surface area contributed by atoms with Crippen molar-refractivity contribution in [1.29, 1.82) is 0 Å². The van der Waals surface area contributed by atoms with E-state index < -0.39 is 0 Å². The van der Waals surface area contributed by atoms with Crippen molar-refractivity contribution in [3.8, 4) is 0 Å². The second kappa shape index (κ2) is 4.90. The highest BCUT2D eigenvalue weighted by Gasteiger charge is 2.04. The van der Waals surface area contributed by atoms with E-state index >= 15 is 0 Å². The zero-order chi connectivity index (χ0) is 12.3. The molecule has 2 heterocycles. The second-order valence-corrected chi connectivity index (χ2v) is 4.14. The van der Waals surface area contributed by atoms with Crippen LogP contribution in [0.25, 0.3) is 0 Å². The lowest BCUT2D eigenvalue weighted by Crippen LogP contribution is -2.06. The van der Waals surface area contributed by atoms with Crippen LogP contribution in [0.3, 0.4) is 0 Å². The summed E-state index contributed by atoms with van der Waals surface area (Å²) in [6, 6.07) is 1.84. The molecule has 0 spiro atoms. The van der Waals surface area contributed by atoms with Gasteiger partial charge in [0.15, 0.2) is 5.82 Å². The second-order valence-electron chi connectivity index (χ2n) is 4.14. The van der Waals surface area contributed by atoms with E-state index in [1.165, 1.54) is 0 Å². The first kappa shape index (κ1) is 11.5. The Kier molecular flexibility index (Phi) is 3.32. The molecule has 17 heavy (non-hydrogen) atoms. The predicted molar refractivity (Wildman–Crippen MR) is 64.5 cm³/mol. The first-order valence-electron chi connectivity index (χ1n) is 5.56. The Balaban J connectivity index is 2.01. The molecule has 90 valence electrons. The molecule has 0 aromatic carbocycles. The van der Waals surface area contributed by atoms with E-state index in [-0.39, 0.29) is 0 Å². The molecular weight excluding hydrogens is 216 g/mol. The standard InChI is InChI=1S/C11H16N6/c1-8(2)11-12-5-4-9(15-11)13-6-10-14-7-17(3)16-10/h4-5,7-8H,6H2,1-3H3,(H,12,13,15). The summed E-state index contributed by atoms with van der Waals surface area (Å²) < 4.78 is 1.68. The van der Waals surface area contributed by atoms with E-state index in [2.05, 4.69) is 39.2 Å². The van der Waals surface area contributed by atoms with Crippen molar-refractivity contribution in [2.75, 3.05) is 5.32 Å². The van der Waals surface area contributed by atoms with Crippen LogP contribution in [0.15, 0.2) is 18.6 Å². The van der Waals surface area contributed by atoms with Crippen molar-refractivity contribution in [1.82, 2.24) is 24.7 Å². The molecule has 0 aliphatic rings. The fourth-order valence-electron chi connectivity index (χ4n) is 1.38. The lowest BCUT2D eigenvalue weighted by molar-refractivity contribution is 0.745. The van der Waals surface area contributed by atoms with Crippen LogP contribution < -0.4 is 5.32 Å². The molecule has 0 radical (unpaired) electrons. The Morgan fingerprint density at radius 1 is 1.35 bits per heavy atom. The number of rotatable bonds is 4. The summed E-state index contributed by atoms with van der Waals surface area (Å²) in [5, 5.41) is 7.36. The van der Waals surface area contributed by atoms with Gasteiger partial charge in [-0.2, -0.15) is 5.10 Å². The lowest BCUT2D eigenvalue weighted by atomic mass is 10.2. The molecule has 6 nitrogen and oxygen atoms in total. The van der Waals surface area contributed by atoms with Crippen molar-refractivity contribution in [2.45, 2.75) is 26.3 Å². The van der Waals surface area contributed by atoms with Gasteiger partial charge in [0.1, 0.15) is 18.0 Å². The maximum Gasteiger partial charge on any atom is 0.169 e. The van der Waals surface area contributed by atoms with Gasteiger partial charge in [-0.05, 0) is 6.07 Å². The van der Waals surface area contributed by atoms with Crippen molar-refractivity contribution in [3.63, 3.8) is 0 Å². The first-order chi connectivity index (χ1) is 8.15. The van der Waals surface area contributed by atoms with Crippen LogP contribution >= 0.6 is 0 Å². The van der Waals surface area contributed by atoms with Gasteiger partial charge in [0.2, 0.25) is 0 Å². The van der Waals surface area contributed by atoms with Gasteiger partial charge in [-0.25, -0.2) is 15.0 Å². The van der Waals surface area contributed by atoms with Crippen molar-refractivity contribution >= 4 is 5.82 Å². The molecule has 0 atom stereocenters. The van der Waals surface area contributed by atoms with E-state index in [0.29, 0.717) is 12.5 Å². The average molecular weight is 232 g/mol. The smallest absolute Gasteiger partial charge is 0.169 e. The maximum absolute atomic E-state index is 4.41. The molecule has 2 aromatic heterocycles. The minimum atomic E-state index is 0.324. The van der Waals surface area contributed by atoms with E-state index in [4.69, 9.17) is 0 Å². The monoisotopic (exact) mass is 232 g/mol. The Hall–Kier alpha value is -1.98. The van der Waals surface area contributed by atoms with Crippen LogP contribution in [0.1, 0.15) is 31.4 Å². The molecule has 0 saturated carbocycles. The van der Waals surface area contributed by atoms with Gasteiger partial charge >= 0.3 is 0 Å². The molecule has 0 amide bonds. The van der Waals surface area contributed by atoms with Crippen LogP contribution in [0, 0.1) is 0 Å². The minimum absolute atomic E-state index is 0.324. The number of hydrogen-bond donors (Lipinski definition) is 1. The third-order valence-electron chi connectivity index (χ3n) is 2.27. The number of aryl methyl sites for hydroxylation is 1. The van der Waals surface area contributed by atoms with E-state index in [0.717, 1.165) is 17.5 Å². The quantitative estimate of drug-likeness (QED) is 0.861. The molecule has 0 fully saturated rings. The lowest BCUT2D eigenvalue weighted by Gasteiger charge is -2.06. The summed E-state index contributed by atoms with van der Waals surface area (Å²) in [5.41, 5.74) is 0. The third kappa shape index (κ3) is 2.99. The van der Waals surface area contributed by atoms with Crippen LogP contribution in [0.5, 0.6) is 0 Å². The number of nitrogens with zero attached hydrogens (tertiary/aromatic N) is 5. The Morgan fingerprint density at radius 2 is 2.18 bits per heavy atom. The summed E-state index contributed by atoms with van der Waals surface area (Å²) in [6.07, 6.45) is 3.44. The van der Waals surface area contributed by atoms with Gasteiger partial charge in [0.25, 0.3) is 0 Å². The van der Waals surface area contributed by atoms with E-state index in [9.17, 15) is 0 Å². The molecule has 6 heteroatoms. The molecular formula is C11H16N6. The summed E-state index contributed by atoms with van der Waals surface area (Å²) >= 11 is 0. The van der Waals surface area contributed by atoms with E-state index in [1.807, 2.05) is 13.1 Å². The molecule has 0 aliphatic carbocycles. The number of aromatic nitrogens is 5. The largest absolute Gasteiger partial charge is 0.363 e. The molecule has 1 N–H and O–H groups in total. The highest BCUT2D eigenvalue weighted by Crippen LogP contribution is 2.11. The zero-order valence-electron chi connectivity index (χ0n) is 10.3. The molecule has 2 aromatic rings. The molecule has 0 aliphatic heterocycles. The van der Waals surface area contributed by atoms with Crippen molar-refractivity contribution in [2.24, 2.45) is 7.05 Å². The van der Waals surface area contributed by atoms with Gasteiger partial charge in [-0.1, -0.05) is 13.8 Å². The Bertz CT molecular complexity index is 490. The van der Waals surface area contributed by atoms with Gasteiger partial charge in [0, 0.05) is 19.2 Å². The zero-order valence-corrected chi connectivity index (χ0v) is 10.3. The first-order valence-corrected chi connectivity index (χ1v) is 5.56. The van der Waals surface area contributed by atoms with Gasteiger partial charge in [-0.3, -0.25) is 4.68 Å². The van der Waals surface area contributed by atoms with Crippen LogP contribution in [0.2, 0.25) is 0 Å². The van der Waals surface area contributed by atoms with Gasteiger partial charge < -0.3 is 5.32 Å². The highest BCUT2D eigenvalue weighted by molar-refractivity contribution is 5.33. The number of hydrogen-bond acceptors (Lipinski definition) is 5. The Labute approximate surface area is 100 Å². The maximum atomic E-state index is 4.41. The van der Waals surface area contributed by atoms with E-state index in [1.54, 1.807) is 17.2 Å². The summed E-state index contributed by atoms with van der Waals surface area (Å²) in [6.45, 7) is 4.70. The summed E-state index contributed by atoms with van der Waals surface area (Å²) in [7, 11) is 1.85. The SMILES string of the molecule is CC(C)c1nccc(NCc2ncn(C)n2)n1. The fraction of sp³-hybridized carbons (Fsp3) is 0.455. The predicted octanol–water partition coefficient (Wildman–Crippen LogP) is 1.34. The number of anilines is 1. The van der Waals surface area contributed by atoms with Crippen molar-refractivity contribution in [3.05, 3.63) is 30.2 Å². The highest BCUT2D eigenvalue weighted by atomic mass is 15.3. The molecule has 0 saturated heterocycles. The average Bonchev–Trinajstić information content (AvgIpc) is 2.73. The van der Waals surface area contributed by atoms with Crippen LogP contribution in [-0.4, -0.2) is 24.7 Å². The topological polar surface area (TPSA) is 68.5 Å². The van der Waals surface area contributed by atoms with Gasteiger partial charge in [0.05, 0.1) is 6.54 Å². The fourth-order valence-corrected chi connectivity index (χ4v) is 1.38. The summed E-state index contributed by atoms with van der Waals surface area (Å²) in [4.78, 5) is 12.8. The van der Waals surface area contributed by atoms with Crippen LogP contribution in [-0.2, 0) is 13.6 Å². The van der Waals surface area contributed by atoms with Crippen LogP contribution in [0.4, 0.5) is 5.82 Å². The normalized spacial score (nSPS) is 10.8. The van der Waals surface area contributed by atoms with Crippen molar-refractivity contribution < 1.29 is 0 Å². The molecule has 0 unspecified atom stereocenters. The molecule has 0 bridgehead atoms. The Morgan fingerprint density at radius 3 is 2.82 bits per heavy atom. The molecule has 2 rings (SSSR count). The van der Waals surface area contributed by atoms with Gasteiger partial charge in [-0.15, -0.1) is 0 Å². The summed E-state index contributed by atoms with van der Waals surface area (Å²) in [5.74, 6) is 2.71. The third-order valence-corrected chi connectivity index (χ3v) is 2.27.